The van der Waals surface area contributed by atoms with Crippen molar-refractivity contribution in [2.45, 2.75) is 6.61 Å². The van der Waals surface area contributed by atoms with Gasteiger partial charge in [0.1, 0.15) is 12.4 Å². The second kappa shape index (κ2) is 5.14. The molecule has 0 unspecified atom stereocenters. The van der Waals surface area contributed by atoms with E-state index >= 15 is 0 Å². The first-order valence-corrected chi connectivity index (χ1v) is 6.82. The van der Waals surface area contributed by atoms with Gasteiger partial charge in [-0.15, -0.1) is 11.3 Å². The molecule has 1 aromatic carbocycles. The Balaban J connectivity index is 2.02. The predicted molar refractivity (Wildman–Crippen MR) is 70.5 cm³/mol. The average Bonchev–Trinajstić information content (AvgIpc) is 2.61. The van der Waals surface area contributed by atoms with Crippen LogP contribution in [0.25, 0.3) is 0 Å². The van der Waals surface area contributed by atoms with Gasteiger partial charge in [-0.3, -0.25) is 0 Å². The van der Waals surface area contributed by atoms with Crippen molar-refractivity contribution in [2.24, 2.45) is 0 Å². The van der Waals surface area contributed by atoms with Crippen molar-refractivity contribution in [3.63, 3.8) is 0 Å². The van der Waals surface area contributed by atoms with Crippen molar-refractivity contribution in [1.29, 1.82) is 0 Å². The van der Waals surface area contributed by atoms with E-state index in [9.17, 15) is 0 Å². The van der Waals surface area contributed by atoms with Crippen LogP contribution < -0.4 is 4.74 Å². The smallest absolute Gasteiger partial charge is 0.124 e. The second-order valence-corrected chi connectivity index (χ2v) is 5.71. The van der Waals surface area contributed by atoms with E-state index in [1.54, 1.807) is 11.3 Å². The average molecular weight is 348 g/mol. The molecule has 0 saturated heterocycles. The fourth-order valence-corrected chi connectivity index (χ4v) is 2.89. The molecule has 1 nitrogen and oxygen atoms in total. The van der Waals surface area contributed by atoms with Crippen LogP contribution in [0.5, 0.6) is 5.75 Å². The van der Waals surface area contributed by atoms with Gasteiger partial charge in [-0.25, -0.2) is 0 Å². The summed E-state index contributed by atoms with van der Waals surface area (Å²) in [4.78, 5) is 1.20. The van der Waals surface area contributed by atoms with E-state index in [0.717, 1.165) is 14.7 Å². The second-order valence-electron chi connectivity index (χ2n) is 2.94. The van der Waals surface area contributed by atoms with Crippen LogP contribution in [0.2, 0.25) is 0 Å². The van der Waals surface area contributed by atoms with Crippen molar-refractivity contribution in [3.05, 3.63) is 49.5 Å². The maximum absolute atomic E-state index is 5.66. The molecule has 4 heteroatoms. The molecule has 2 rings (SSSR count). The molecule has 0 atom stereocenters. The highest BCUT2D eigenvalue weighted by Crippen LogP contribution is 2.25. The first-order valence-electron chi connectivity index (χ1n) is 4.36. The molecule has 0 N–H and O–H groups in total. The van der Waals surface area contributed by atoms with Gasteiger partial charge < -0.3 is 4.74 Å². The number of hydrogen-bond donors (Lipinski definition) is 0. The van der Waals surface area contributed by atoms with E-state index in [1.807, 2.05) is 35.7 Å². The summed E-state index contributed by atoms with van der Waals surface area (Å²) in [7, 11) is 0. The number of rotatable bonds is 3. The molecular formula is C11H8Br2OS. The number of halogens is 2. The summed E-state index contributed by atoms with van der Waals surface area (Å²) in [5, 5.41) is 2.05. The van der Waals surface area contributed by atoms with E-state index in [0.29, 0.717) is 6.61 Å². The Morgan fingerprint density at radius 3 is 2.73 bits per heavy atom. The summed E-state index contributed by atoms with van der Waals surface area (Å²) in [6, 6.07) is 9.88. The standard InChI is InChI=1S/C11H8Br2OS/c12-8-2-1-3-9(6-8)14-7-11-10(13)4-5-15-11/h1-6H,7H2. The normalized spacial score (nSPS) is 10.3. The fourth-order valence-electron chi connectivity index (χ4n) is 1.13. The van der Waals surface area contributed by atoms with Gasteiger partial charge >= 0.3 is 0 Å². The summed E-state index contributed by atoms with van der Waals surface area (Å²) in [6.45, 7) is 0.606. The zero-order chi connectivity index (χ0) is 10.7. The third kappa shape index (κ3) is 3.06. The molecule has 0 aliphatic carbocycles. The highest BCUT2D eigenvalue weighted by Gasteiger charge is 2.02. The zero-order valence-corrected chi connectivity index (χ0v) is 11.7. The summed E-state index contributed by atoms with van der Waals surface area (Å²) in [5.41, 5.74) is 0. The molecule has 0 aliphatic rings. The highest BCUT2D eigenvalue weighted by molar-refractivity contribution is 9.10. The van der Waals surface area contributed by atoms with E-state index in [4.69, 9.17) is 4.74 Å². The van der Waals surface area contributed by atoms with Crippen molar-refractivity contribution in [3.8, 4) is 5.75 Å². The Morgan fingerprint density at radius 1 is 1.20 bits per heavy atom. The molecule has 1 heterocycles. The molecule has 15 heavy (non-hydrogen) atoms. The lowest BCUT2D eigenvalue weighted by molar-refractivity contribution is 0.309. The molecule has 1 aromatic heterocycles. The maximum Gasteiger partial charge on any atom is 0.124 e. The fraction of sp³-hybridized carbons (Fsp3) is 0.0909. The topological polar surface area (TPSA) is 9.23 Å². The maximum atomic E-state index is 5.66. The van der Waals surface area contributed by atoms with Crippen LogP contribution in [0.15, 0.2) is 44.7 Å². The minimum Gasteiger partial charge on any atom is -0.488 e. The summed E-state index contributed by atoms with van der Waals surface area (Å²) in [5.74, 6) is 0.879. The van der Waals surface area contributed by atoms with Crippen LogP contribution in [-0.2, 0) is 6.61 Å². The SMILES string of the molecule is Brc1cccc(OCc2sccc2Br)c1. The van der Waals surface area contributed by atoms with Crippen LogP contribution in [0, 0.1) is 0 Å². The molecule has 0 spiro atoms. The van der Waals surface area contributed by atoms with Gasteiger partial charge in [-0.05, 0) is 45.6 Å². The van der Waals surface area contributed by atoms with Crippen LogP contribution in [0.4, 0.5) is 0 Å². The lowest BCUT2D eigenvalue weighted by atomic mass is 10.3. The largest absolute Gasteiger partial charge is 0.488 e. The Labute approximate surface area is 109 Å². The summed E-state index contributed by atoms with van der Waals surface area (Å²) < 4.78 is 7.81. The highest BCUT2D eigenvalue weighted by atomic mass is 79.9. The van der Waals surface area contributed by atoms with Crippen LogP contribution in [0.1, 0.15) is 4.88 Å². The lowest BCUT2D eigenvalue weighted by Crippen LogP contribution is -1.93. The lowest BCUT2D eigenvalue weighted by Gasteiger charge is -2.05. The number of ether oxygens (including phenoxy) is 1. The van der Waals surface area contributed by atoms with E-state index in [-0.39, 0.29) is 0 Å². The van der Waals surface area contributed by atoms with Gasteiger partial charge in [-0.1, -0.05) is 22.0 Å². The zero-order valence-electron chi connectivity index (χ0n) is 7.74. The first kappa shape index (κ1) is 11.2. The van der Waals surface area contributed by atoms with Crippen LogP contribution in [0.3, 0.4) is 0 Å². The molecule has 0 fully saturated rings. The van der Waals surface area contributed by atoms with E-state index in [1.165, 1.54) is 4.88 Å². The van der Waals surface area contributed by atoms with Crippen LogP contribution in [-0.4, -0.2) is 0 Å². The number of thiophene rings is 1. The van der Waals surface area contributed by atoms with Crippen molar-refractivity contribution >= 4 is 43.2 Å². The summed E-state index contributed by atoms with van der Waals surface area (Å²) in [6.07, 6.45) is 0. The molecule has 0 bridgehead atoms. The van der Waals surface area contributed by atoms with E-state index < -0.39 is 0 Å². The third-order valence-electron chi connectivity index (χ3n) is 1.86. The molecular weight excluding hydrogens is 340 g/mol. The Hall–Kier alpha value is -0.320. The number of hydrogen-bond acceptors (Lipinski definition) is 2. The van der Waals surface area contributed by atoms with Crippen LogP contribution >= 0.6 is 43.2 Å². The Morgan fingerprint density at radius 2 is 2.07 bits per heavy atom. The van der Waals surface area contributed by atoms with Gasteiger partial charge in [0.2, 0.25) is 0 Å². The molecule has 0 amide bonds. The van der Waals surface area contributed by atoms with Gasteiger partial charge in [0.15, 0.2) is 0 Å². The third-order valence-corrected chi connectivity index (χ3v) is 4.25. The Kier molecular flexibility index (Phi) is 3.83. The minimum atomic E-state index is 0.606. The van der Waals surface area contributed by atoms with Crippen molar-refractivity contribution < 1.29 is 4.74 Å². The predicted octanol–water partition coefficient (Wildman–Crippen LogP) is 4.85. The monoisotopic (exact) mass is 346 g/mol. The van der Waals surface area contributed by atoms with Crippen molar-refractivity contribution in [1.82, 2.24) is 0 Å². The van der Waals surface area contributed by atoms with Crippen molar-refractivity contribution in [2.75, 3.05) is 0 Å². The first-order chi connectivity index (χ1) is 7.25. The van der Waals surface area contributed by atoms with Gasteiger partial charge in [0.25, 0.3) is 0 Å². The molecule has 78 valence electrons. The van der Waals surface area contributed by atoms with Gasteiger partial charge in [0.05, 0.1) is 4.88 Å². The molecule has 0 radical (unpaired) electrons. The molecule has 0 saturated carbocycles. The summed E-state index contributed by atoms with van der Waals surface area (Å²) >= 11 is 8.57. The van der Waals surface area contributed by atoms with Gasteiger partial charge in [-0.2, -0.15) is 0 Å². The minimum absolute atomic E-state index is 0.606. The van der Waals surface area contributed by atoms with E-state index in [2.05, 4.69) is 31.9 Å². The Bertz CT molecular complexity index is 453. The quantitative estimate of drug-likeness (QED) is 0.771. The molecule has 2 aromatic rings. The van der Waals surface area contributed by atoms with Gasteiger partial charge in [0, 0.05) is 8.95 Å². The molecule has 0 aliphatic heterocycles. The number of benzene rings is 1.